The quantitative estimate of drug-likeness (QED) is 0.764. The van der Waals surface area contributed by atoms with Crippen molar-refractivity contribution in [3.05, 3.63) is 24.0 Å². The summed E-state index contributed by atoms with van der Waals surface area (Å²) in [5, 5.41) is 1.10. The Kier molecular flexibility index (Phi) is 4.88. The summed E-state index contributed by atoms with van der Waals surface area (Å²) in [7, 11) is 0. The summed E-state index contributed by atoms with van der Waals surface area (Å²) in [4.78, 5) is 34.8. The Morgan fingerprint density at radius 3 is 2.66 bits per heavy atom. The molecule has 0 unspecified atom stereocenters. The van der Waals surface area contributed by atoms with Gasteiger partial charge in [-0.1, -0.05) is 11.8 Å². The van der Waals surface area contributed by atoms with Crippen molar-refractivity contribution in [1.82, 2.24) is 9.88 Å². The van der Waals surface area contributed by atoms with Crippen molar-refractivity contribution in [3.63, 3.8) is 0 Å². The lowest BCUT2D eigenvalue weighted by Crippen LogP contribution is -2.41. The number of hydrogen-bond acceptors (Lipinski definition) is 3. The summed E-state index contributed by atoms with van der Waals surface area (Å²) < 4.78 is -0.404. The van der Waals surface area contributed by atoms with Crippen molar-refractivity contribution < 1.29 is 9.59 Å². The molecule has 4 aliphatic rings. The van der Waals surface area contributed by atoms with Crippen molar-refractivity contribution in [2.45, 2.75) is 69.5 Å². The highest BCUT2D eigenvalue weighted by Crippen LogP contribution is 2.57. The van der Waals surface area contributed by atoms with E-state index in [9.17, 15) is 9.59 Å². The van der Waals surface area contributed by atoms with E-state index in [1.165, 1.54) is 32.1 Å². The Labute approximate surface area is 177 Å². The molecule has 0 aromatic carbocycles. The maximum absolute atomic E-state index is 12.8. The van der Waals surface area contributed by atoms with E-state index in [0.717, 1.165) is 49.7 Å². The molecule has 1 aromatic rings. The van der Waals surface area contributed by atoms with Gasteiger partial charge in [-0.05, 0) is 87.7 Å². The molecule has 156 valence electrons. The van der Waals surface area contributed by atoms with E-state index in [1.54, 1.807) is 18.0 Å². The molecule has 6 heteroatoms. The number of aromatic nitrogens is 1. The second-order valence-corrected chi connectivity index (χ2v) is 11.6. The number of carbonyl (C=O) groups excluding carboxylic acids is 2. The van der Waals surface area contributed by atoms with Gasteiger partial charge in [-0.25, -0.2) is 4.99 Å². The van der Waals surface area contributed by atoms with E-state index in [2.05, 4.69) is 16.9 Å². The molecule has 3 heterocycles. The Balaban J connectivity index is 1.15. The average Bonchev–Trinajstić information content (AvgIpc) is 3.48. The second-order valence-electron chi connectivity index (χ2n) is 9.99. The molecule has 2 aliphatic carbocycles. The van der Waals surface area contributed by atoms with Gasteiger partial charge >= 0.3 is 0 Å². The van der Waals surface area contributed by atoms with E-state index < -0.39 is 4.75 Å². The molecule has 2 saturated carbocycles. The average molecular weight is 414 g/mol. The zero-order valence-electron chi connectivity index (χ0n) is 17.3. The van der Waals surface area contributed by atoms with Crippen LogP contribution in [0.15, 0.2) is 23.3 Å². The van der Waals surface area contributed by atoms with Crippen molar-refractivity contribution in [2.24, 2.45) is 22.2 Å². The first kappa shape index (κ1) is 19.4. The molecule has 1 atom stereocenters. The molecule has 1 N–H and O–H groups in total. The van der Waals surface area contributed by atoms with Gasteiger partial charge in [0.25, 0.3) is 11.8 Å². The molecular weight excluding hydrogens is 382 g/mol. The van der Waals surface area contributed by atoms with Gasteiger partial charge in [0.1, 0.15) is 10.4 Å². The molecule has 1 saturated heterocycles. The number of hydrogen-bond donors (Lipinski definition) is 1. The maximum Gasteiger partial charge on any atom is 0.270 e. The molecule has 5 rings (SSSR count). The lowest BCUT2D eigenvalue weighted by Gasteiger charge is -2.35. The van der Waals surface area contributed by atoms with Crippen LogP contribution in [0.1, 0.15) is 75.2 Å². The lowest BCUT2D eigenvalue weighted by molar-refractivity contribution is -0.119. The topological polar surface area (TPSA) is 65.5 Å². The Morgan fingerprint density at radius 2 is 2.03 bits per heavy atom. The molecule has 2 amide bonds. The molecule has 0 spiro atoms. The highest BCUT2D eigenvalue weighted by atomic mass is 32.2. The number of piperidine rings is 1. The summed E-state index contributed by atoms with van der Waals surface area (Å²) in [6.45, 7) is 3.64. The summed E-state index contributed by atoms with van der Waals surface area (Å²) in [5.41, 5.74) is 1.11. The second kappa shape index (κ2) is 7.29. The third-order valence-electron chi connectivity index (χ3n) is 7.84. The summed E-state index contributed by atoms with van der Waals surface area (Å²) in [6.07, 6.45) is 12.4. The number of aliphatic imine (C=N–C) groups is 1. The number of H-pyrrole nitrogens is 1. The smallest absolute Gasteiger partial charge is 0.270 e. The molecule has 3 fully saturated rings. The molecule has 2 bridgehead atoms. The van der Waals surface area contributed by atoms with Gasteiger partial charge in [-0.15, -0.1) is 0 Å². The lowest BCUT2D eigenvalue weighted by atomic mass is 9.81. The van der Waals surface area contributed by atoms with Crippen LogP contribution in [-0.4, -0.2) is 44.6 Å². The zero-order valence-corrected chi connectivity index (χ0v) is 18.1. The van der Waals surface area contributed by atoms with Crippen LogP contribution in [0.25, 0.3) is 0 Å². The van der Waals surface area contributed by atoms with Crippen LogP contribution in [-0.2, 0) is 4.79 Å². The molecule has 29 heavy (non-hydrogen) atoms. The number of rotatable bonds is 5. The number of nitrogens with one attached hydrogen (secondary N) is 1. The van der Waals surface area contributed by atoms with Crippen LogP contribution < -0.4 is 0 Å². The number of amides is 2. The minimum absolute atomic E-state index is 0.0753. The normalized spacial score (nSPS) is 34.8. The monoisotopic (exact) mass is 413 g/mol. The molecule has 2 aliphatic heterocycles. The third-order valence-corrected chi connectivity index (χ3v) is 9.11. The van der Waals surface area contributed by atoms with Crippen molar-refractivity contribution in [2.75, 3.05) is 13.1 Å². The van der Waals surface area contributed by atoms with E-state index in [1.807, 2.05) is 17.0 Å². The van der Waals surface area contributed by atoms with Crippen molar-refractivity contribution >= 4 is 28.6 Å². The molecule has 5 nitrogen and oxygen atoms in total. The van der Waals surface area contributed by atoms with Gasteiger partial charge in [0.2, 0.25) is 0 Å². The van der Waals surface area contributed by atoms with Crippen LogP contribution in [0, 0.1) is 17.3 Å². The first-order valence-corrected chi connectivity index (χ1v) is 12.0. The maximum atomic E-state index is 12.8. The first-order chi connectivity index (χ1) is 13.9. The van der Waals surface area contributed by atoms with Crippen LogP contribution >= 0.6 is 11.8 Å². The highest BCUT2D eigenvalue weighted by molar-refractivity contribution is 8.16. The minimum Gasteiger partial charge on any atom is -0.357 e. The van der Waals surface area contributed by atoms with Crippen LogP contribution in [0.5, 0.6) is 0 Å². The Hall–Kier alpha value is -1.56. The van der Waals surface area contributed by atoms with Gasteiger partial charge in [0.05, 0.1) is 5.04 Å². The van der Waals surface area contributed by atoms with Crippen LogP contribution in [0.2, 0.25) is 0 Å². The molecule has 0 radical (unpaired) electrons. The number of aromatic amines is 1. The van der Waals surface area contributed by atoms with E-state index in [4.69, 9.17) is 0 Å². The number of nitrogens with zero attached hydrogens (tertiary/aromatic N) is 2. The fourth-order valence-corrected chi connectivity index (χ4v) is 7.65. The minimum atomic E-state index is -0.404. The predicted molar refractivity (Wildman–Crippen MR) is 116 cm³/mol. The number of thioether (sulfide) groups is 1. The third kappa shape index (κ3) is 3.69. The van der Waals surface area contributed by atoms with Gasteiger partial charge in [0, 0.05) is 25.7 Å². The zero-order chi connectivity index (χ0) is 20.1. The Bertz CT molecular complexity index is 817. The van der Waals surface area contributed by atoms with Crippen LogP contribution in [0.3, 0.4) is 0 Å². The number of fused-ring (bicyclic) bond motifs is 2. The summed E-state index contributed by atoms with van der Waals surface area (Å²) >= 11 is 1.75. The van der Waals surface area contributed by atoms with Gasteiger partial charge in [-0.3, -0.25) is 9.59 Å². The highest BCUT2D eigenvalue weighted by Gasteiger charge is 2.49. The van der Waals surface area contributed by atoms with E-state index in [0.29, 0.717) is 17.0 Å². The van der Waals surface area contributed by atoms with E-state index >= 15 is 0 Å². The Morgan fingerprint density at radius 1 is 1.28 bits per heavy atom. The first-order valence-electron chi connectivity index (χ1n) is 11.2. The van der Waals surface area contributed by atoms with E-state index in [-0.39, 0.29) is 11.8 Å². The number of carbonyl (C=O) groups is 2. The SMILES string of the molecule is C[C@]1(CC2CCN(C(=O)c3ccc[nH]3)CC2)SC(CC23CCC(CC2)C3)=NC1=O. The standard InChI is InChI=1S/C23H31N3O2S/c1-22(13-17-6-11-26(12-7-17)20(27)18-3-2-10-24-18)21(28)25-19(29-22)15-23-8-4-16(14-23)5-9-23/h2-3,10,16-17,24H,4-9,11-15H2,1H3/t16?,22-,23?/m1/s1. The van der Waals surface area contributed by atoms with Crippen LogP contribution in [0.4, 0.5) is 0 Å². The van der Waals surface area contributed by atoms with Gasteiger partial charge < -0.3 is 9.88 Å². The fourth-order valence-electron chi connectivity index (χ4n) is 6.17. The fraction of sp³-hybridized carbons (Fsp3) is 0.696. The van der Waals surface area contributed by atoms with Gasteiger partial charge in [-0.2, -0.15) is 0 Å². The predicted octanol–water partition coefficient (Wildman–Crippen LogP) is 4.66. The number of likely N-dealkylation sites (tertiary alicyclic amines) is 1. The molecule has 1 aromatic heterocycles. The van der Waals surface area contributed by atoms with Crippen molar-refractivity contribution in [1.29, 1.82) is 0 Å². The largest absolute Gasteiger partial charge is 0.357 e. The van der Waals surface area contributed by atoms with Gasteiger partial charge in [0.15, 0.2) is 0 Å². The van der Waals surface area contributed by atoms with Crippen molar-refractivity contribution in [3.8, 4) is 0 Å². The summed E-state index contributed by atoms with van der Waals surface area (Å²) in [6, 6.07) is 3.69. The molecular formula is C23H31N3O2S. The summed E-state index contributed by atoms with van der Waals surface area (Å²) in [5.74, 6) is 1.58.